The number of unbranched alkanes of at least 4 members (excludes halogenated alkanes) is 7. The largest absolute Gasteiger partial charge is 0.395 e. The Morgan fingerprint density at radius 3 is 2.11 bits per heavy atom. The molecule has 1 N–H and O–H groups in total. The van der Waals surface area contributed by atoms with Crippen LogP contribution in [-0.4, -0.2) is 35.6 Å². The van der Waals surface area contributed by atoms with E-state index in [1.54, 1.807) is 4.90 Å². The summed E-state index contributed by atoms with van der Waals surface area (Å²) in [5.74, 6) is -0.0769. The van der Waals surface area contributed by atoms with Gasteiger partial charge in [-0.2, -0.15) is 0 Å². The molecule has 0 aliphatic rings. The molecule has 3 nitrogen and oxygen atoms in total. The van der Waals surface area contributed by atoms with Gasteiger partial charge in [0, 0.05) is 13.1 Å². The first-order chi connectivity index (χ1) is 8.76. The molecule has 1 amide bonds. The highest BCUT2D eigenvalue weighted by atomic mass is 16.3. The lowest BCUT2D eigenvalue weighted by atomic mass is 10.1. The van der Waals surface area contributed by atoms with E-state index in [9.17, 15) is 4.79 Å². The van der Waals surface area contributed by atoms with E-state index in [4.69, 9.17) is 5.11 Å². The van der Waals surface area contributed by atoms with Crippen LogP contribution in [0.1, 0.15) is 58.3 Å². The Kier molecular flexibility index (Phi) is 12.0. The first-order valence-electron chi connectivity index (χ1n) is 7.28. The van der Waals surface area contributed by atoms with Gasteiger partial charge in [-0.25, -0.2) is 0 Å². The lowest BCUT2D eigenvalue weighted by Gasteiger charge is -2.19. The topological polar surface area (TPSA) is 40.5 Å². The lowest BCUT2D eigenvalue weighted by Crippen LogP contribution is -2.33. The van der Waals surface area contributed by atoms with Gasteiger partial charge in [0.05, 0.1) is 6.61 Å². The normalized spacial score (nSPS) is 10.3. The van der Waals surface area contributed by atoms with Crippen LogP contribution >= 0.6 is 0 Å². The van der Waals surface area contributed by atoms with Crippen molar-refractivity contribution in [1.82, 2.24) is 4.90 Å². The van der Waals surface area contributed by atoms with Gasteiger partial charge in [-0.15, -0.1) is 0 Å². The second-order valence-corrected chi connectivity index (χ2v) is 4.73. The molecule has 0 aliphatic heterocycles. The van der Waals surface area contributed by atoms with Crippen LogP contribution in [0, 0.1) is 0 Å². The molecule has 0 aromatic carbocycles. The number of hydrogen-bond donors (Lipinski definition) is 1. The SMILES string of the molecule is C=CC(=O)N(CCO)CCCCCCCCCC. The minimum atomic E-state index is -0.0769. The Morgan fingerprint density at radius 2 is 1.61 bits per heavy atom. The molecule has 0 unspecified atom stereocenters. The van der Waals surface area contributed by atoms with Gasteiger partial charge in [0.15, 0.2) is 0 Å². The van der Waals surface area contributed by atoms with Gasteiger partial charge in [0.25, 0.3) is 0 Å². The van der Waals surface area contributed by atoms with E-state index in [0.29, 0.717) is 6.54 Å². The fraction of sp³-hybridized carbons (Fsp3) is 0.800. The highest BCUT2D eigenvalue weighted by molar-refractivity contribution is 5.86. The number of amides is 1. The molecule has 106 valence electrons. The molecule has 0 rings (SSSR count). The molecule has 0 atom stereocenters. The number of carbonyl (C=O) groups excluding carboxylic acids is 1. The summed E-state index contributed by atoms with van der Waals surface area (Å²) in [5, 5.41) is 8.88. The van der Waals surface area contributed by atoms with Crippen molar-refractivity contribution in [1.29, 1.82) is 0 Å². The quantitative estimate of drug-likeness (QED) is 0.430. The third kappa shape index (κ3) is 9.23. The minimum Gasteiger partial charge on any atom is -0.395 e. The van der Waals surface area contributed by atoms with Crippen molar-refractivity contribution in [2.24, 2.45) is 0 Å². The highest BCUT2D eigenvalue weighted by Crippen LogP contribution is 2.09. The van der Waals surface area contributed by atoms with Gasteiger partial charge in [0.1, 0.15) is 0 Å². The van der Waals surface area contributed by atoms with E-state index in [2.05, 4.69) is 13.5 Å². The molecule has 0 heterocycles. The number of nitrogens with zero attached hydrogens (tertiary/aromatic N) is 1. The predicted molar refractivity (Wildman–Crippen MR) is 76.5 cm³/mol. The molecule has 0 aromatic heterocycles. The van der Waals surface area contributed by atoms with Crippen molar-refractivity contribution >= 4 is 5.91 Å². The smallest absolute Gasteiger partial charge is 0.246 e. The second-order valence-electron chi connectivity index (χ2n) is 4.73. The highest BCUT2D eigenvalue weighted by Gasteiger charge is 2.08. The molecule has 0 aromatic rings. The van der Waals surface area contributed by atoms with Crippen LogP contribution in [0.4, 0.5) is 0 Å². The third-order valence-electron chi connectivity index (χ3n) is 3.14. The van der Waals surface area contributed by atoms with Gasteiger partial charge in [0.2, 0.25) is 5.91 Å². The molecular weight excluding hydrogens is 226 g/mol. The summed E-state index contributed by atoms with van der Waals surface area (Å²) in [6.07, 6.45) is 11.4. The molecular formula is C15H29NO2. The van der Waals surface area contributed by atoms with Crippen LogP contribution in [0.25, 0.3) is 0 Å². The predicted octanol–water partition coefficient (Wildman–Crippen LogP) is 3.13. The first kappa shape index (κ1) is 17.2. The Bertz CT molecular complexity index is 217. The standard InChI is InChI=1S/C15H29NO2/c1-3-5-6-7-8-9-10-11-12-16(13-14-17)15(18)4-2/h4,17H,2-3,5-14H2,1H3. The summed E-state index contributed by atoms with van der Waals surface area (Å²) in [7, 11) is 0. The molecule has 0 aliphatic carbocycles. The number of aliphatic hydroxyl groups excluding tert-OH is 1. The summed E-state index contributed by atoms with van der Waals surface area (Å²) in [4.78, 5) is 13.1. The van der Waals surface area contributed by atoms with Crippen molar-refractivity contribution in [3.63, 3.8) is 0 Å². The number of aliphatic hydroxyl groups is 1. The summed E-state index contributed by atoms with van der Waals surface area (Å²) < 4.78 is 0. The van der Waals surface area contributed by atoms with Crippen molar-refractivity contribution in [3.8, 4) is 0 Å². The molecule has 0 radical (unpaired) electrons. The Morgan fingerprint density at radius 1 is 1.06 bits per heavy atom. The van der Waals surface area contributed by atoms with Gasteiger partial charge in [-0.3, -0.25) is 4.79 Å². The average Bonchev–Trinajstić information content (AvgIpc) is 2.39. The number of rotatable bonds is 12. The maximum atomic E-state index is 11.4. The zero-order valence-corrected chi connectivity index (χ0v) is 11.9. The lowest BCUT2D eigenvalue weighted by molar-refractivity contribution is -0.126. The number of hydrogen-bond acceptors (Lipinski definition) is 2. The van der Waals surface area contributed by atoms with Gasteiger partial charge in [-0.1, -0.05) is 58.4 Å². The van der Waals surface area contributed by atoms with Crippen LogP contribution < -0.4 is 0 Å². The summed E-state index contributed by atoms with van der Waals surface area (Å²) in [6, 6.07) is 0. The molecule has 0 spiro atoms. The molecule has 0 saturated carbocycles. The van der Waals surface area contributed by atoms with E-state index >= 15 is 0 Å². The Balaban J connectivity index is 3.49. The fourth-order valence-corrected chi connectivity index (χ4v) is 2.02. The van der Waals surface area contributed by atoms with Crippen LogP contribution in [0.15, 0.2) is 12.7 Å². The van der Waals surface area contributed by atoms with E-state index in [1.807, 2.05) is 0 Å². The van der Waals surface area contributed by atoms with E-state index in [-0.39, 0.29) is 12.5 Å². The van der Waals surface area contributed by atoms with Crippen molar-refractivity contribution in [2.45, 2.75) is 58.3 Å². The van der Waals surface area contributed by atoms with Gasteiger partial charge >= 0.3 is 0 Å². The molecule has 18 heavy (non-hydrogen) atoms. The van der Waals surface area contributed by atoms with Crippen LogP contribution in [0.3, 0.4) is 0 Å². The van der Waals surface area contributed by atoms with Crippen LogP contribution in [0.5, 0.6) is 0 Å². The van der Waals surface area contributed by atoms with Gasteiger partial charge < -0.3 is 10.0 Å². The van der Waals surface area contributed by atoms with Crippen LogP contribution in [-0.2, 0) is 4.79 Å². The van der Waals surface area contributed by atoms with Crippen molar-refractivity contribution in [2.75, 3.05) is 19.7 Å². The van der Waals surface area contributed by atoms with E-state index in [1.165, 1.54) is 51.0 Å². The Labute approximate surface area is 112 Å². The zero-order valence-electron chi connectivity index (χ0n) is 11.9. The molecule has 0 bridgehead atoms. The van der Waals surface area contributed by atoms with Crippen LogP contribution in [0.2, 0.25) is 0 Å². The maximum absolute atomic E-state index is 11.4. The second kappa shape index (κ2) is 12.6. The van der Waals surface area contributed by atoms with E-state index < -0.39 is 0 Å². The first-order valence-corrected chi connectivity index (χ1v) is 7.28. The summed E-state index contributed by atoms with van der Waals surface area (Å²) in [5.41, 5.74) is 0. The van der Waals surface area contributed by atoms with Gasteiger partial charge in [-0.05, 0) is 12.5 Å². The monoisotopic (exact) mass is 255 g/mol. The third-order valence-corrected chi connectivity index (χ3v) is 3.14. The zero-order chi connectivity index (χ0) is 13.6. The molecule has 3 heteroatoms. The summed E-state index contributed by atoms with van der Waals surface area (Å²) in [6.45, 7) is 6.88. The minimum absolute atomic E-state index is 0.0244. The fourth-order valence-electron chi connectivity index (χ4n) is 2.02. The van der Waals surface area contributed by atoms with Crippen molar-refractivity contribution in [3.05, 3.63) is 12.7 Å². The molecule has 0 saturated heterocycles. The van der Waals surface area contributed by atoms with E-state index in [0.717, 1.165) is 13.0 Å². The average molecular weight is 255 g/mol. The van der Waals surface area contributed by atoms with Crippen molar-refractivity contribution < 1.29 is 9.90 Å². The maximum Gasteiger partial charge on any atom is 0.246 e. The Hall–Kier alpha value is -0.830. The summed E-state index contributed by atoms with van der Waals surface area (Å²) >= 11 is 0. The number of carbonyl (C=O) groups is 1. The molecule has 0 fully saturated rings.